The predicted molar refractivity (Wildman–Crippen MR) is 104 cm³/mol. The fourth-order valence-electron chi connectivity index (χ4n) is 3.31. The van der Waals surface area contributed by atoms with E-state index in [1.54, 1.807) is 0 Å². The van der Waals surface area contributed by atoms with Crippen LogP contribution < -0.4 is 10.6 Å². The summed E-state index contributed by atoms with van der Waals surface area (Å²) in [6, 6.07) is 8.45. The van der Waals surface area contributed by atoms with Gasteiger partial charge in [-0.15, -0.1) is 0 Å². The maximum Gasteiger partial charge on any atom is 0.249 e. The number of amides is 2. The van der Waals surface area contributed by atoms with E-state index in [0.717, 1.165) is 5.56 Å². The molecule has 162 valence electrons. The lowest BCUT2D eigenvalue weighted by Crippen LogP contribution is -2.65. The van der Waals surface area contributed by atoms with Gasteiger partial charge in [0.15, 0.2) is 6.29 Å². The van der Waals surface area contributed by atoms with Crippen LogP contribution in [0.5, 0.6) is 0 Å². The second-order valence-electron chi connectivity index (χ2n) is 7.31. The van der Waals surface area contributed by atoms with Crippen LogP contribution in [-0.4, -0.2) is 76.5 Å². The zero-order valence-corrected chi connectivity index (χ0v) is 16.8. The number of ether oxygens (including phenoxy) is 2. The molecular formula is C20H30N2O7. The smallest absolute Gasteiger partial charge is 0.249 e. The van der Waals surface area contributed by atoms with Crippen LogP contribution in [0.2, 0.25) is 0 Å². The molecule has 9 nitrogen and oxygen atoms in total. The van der Waals surface area contributed by atoms with Gasteiger partial charge in [0.1, 0.15) is 30.5 Å². The first kappa shape index (κ1) is 23.2. The van der Waals surface area contributed by atoms with Gasteiger partial charge in [-0.1, -0.05) is 30.3 Å². The van der Waals surface area contributed by atoms with Crippen molar-refractivity contribution in [2.45, 2.75) is 70.0 Å². The Kier molecular flexibility index (Phi) is 8.54. The van der Waals surface area contributed by atoms with E-state index in [2.05, 4.69) is 10.6 Å². The first-order chi connectivity index (χ1) is 13.7. The molecule has 0 saturated carbocycles. The van der Waals surface area contributed by atoms with Gasteiger partial charge in [0.2, 0.25) is 11.8 Å². The summed E-state index contributed by atoms with van der Waals surface area (Å²) in [6.45, 7) is 4.07. The van der Waals surface area contributed by atoms with E-state index in [9.17, 15) is 24.9 Å². The average molecular weight is 410 g/mol. The molecule has 0 aliphatic carbocycles. The normalized spacial score (nSPS) is 29.0. The van der Waals surface area contributed by atoms with Gasteiger partial charge in [-0.3, -0.25) is 9.59 Å². The summed E-state index contributed by atoms with van der Waals surface area (Å²) < 4.78 is 10.8. The third kappa shape index (κ3) is 6.48. The van der Waals surface area contributed by atoms with E-state index >= 15 is 0 Å². The van der Waals surface area contributed by atoms with Gasteiger partial charge < -0.3 is 35.4 Å². The van der Waals surface area contributed by atoms with Gasteiger partial charge in [-0.05, 0) is 25.8 Å². The Morgan fingerprint density at radius 3 is 2.45 bits per heavy atom. The molecule has 29 heavy (non-hydrogen) atoms. The molecule has 1 aromatic rings. The van der Waals surface area contributed by atoms with Crippen LogP contribution >= 0.6 is 0 Å². The second-order valence-corrected chi connectivity index (χ2v) is 7.31. The van der Waals surface area contributed by atoms with Crippen molar-refractivity contribution in [2.24, 2.45) is 0 Å². The summed E-state index contributed by atoms with van der Waals surface area (Å²) >= 11 is 0. The van der Waals surface area contributed by atoms with Gasteiger partial charge >= 0.3 is 0 Å². The zero-order chi connectivity index (χ0) is 21.6. The van der Waals surface area contributed by atoms with Crippen LogP contribution in [0.1, 0.15) is 26.3 Å². The molecule has 0 bridgehead atoms. The summed E-state index contributed by atoms with van der Waals surface area (Å²) in [5, 5.41) is 35.2. The number of rotatable bonds is 8. The Bertz CT molecular complexity index is 672. The van der Waals surface area contributed by atoms with Crippen molar-refractivity contribution in [1.29, 1.82) is 0 Å². The second kappa shape index (κ2) is 10.7. The van der Waals surface area contributed by atoms with Crippen LogP contribution in [-0.2, 0) is 25.5 Å². The number of carbonyl (C=O) groups excluding carboxylic acids is 2. The third-order valence-corrected chi connectivity index (χ3v) is 4.75. The fourth-order valence-corrected chi connectivity index (χ4v) is 3.31. The van der Waals surface area contributed by atoms with Gasteiger partial charge in [0.25, 0.3) is 0 Å². The molecule has 0 spiro atoms. The highest BCUT2D eigenvalue weighted by Gasteiger charge is 2.46. The van der Waals surface area contributed by atoms with E-state index in [-0.39, 0.29) is 6.04 Å². The minimum absolute atomic E-state index is 0.155. The number of benzene rings is 1. The molecule has 1 aliphatic rings. The molecule has 2 rings (SSSR count). The van der Waals surface area contributed by atoms with Crippen molar-refractivity contribution in [3.63, 3.8) is 0 Å². The number of aliphatic hydroxyl groups excluding tert-OH is 3. The van der Waals surface area contributed by atoms with Crippen LogP contribution in [0.15, 0.2) is 30.3 Å². The summed E-state index contributed by atoms with van der Waals surface area (Å²) in [5.74, 6) is -0.863. The van der Waals surface area contributed by atoms with Gasteiger partial charge in [0, 0.05) is 13.0 Å². The van der Waals surface area contributed by atoms with Crippen LogP contribution in [0.3, 0.4) is 0 Å². The Morgan fingerprint density at radius 2 is 1.86 bits per heavy atom. The highest BCUT2D eigenvalue weighted by Crippen LogP contribution is 2.23. The van der Waals surface area contributed by atoms with Crippen LogP contribution in [0.25, 0.3) is 0 Å². The monoisotopic (exact) mass is 410 g/mol. The number of hydrogen-bond donors (Lipinski definition) is 5. The minimum Gasteiger partial charge on any atom is -0.394 e. The number of aliphatic hydroxyl groups is 3. The topological polar surface area (TPSA) is 137 Å². The molecule has 7 atom stereocenters. The van der Waals surface area contributed by atoms with E-state index in [4.69, 9.17) is 9.47 Å². The number of carbonyl (C=O) groups is 2. The Hall–Kier alpha value is -2.04. The molecule has 2 unspecified atom stereocenters. The first-order valence-electron chi connectivity index (χ1n) is 9.62. The van der Waals surface area contributed by atoms with Crippen LogP contribution in [0.4, 0.5) is 0 Å². The molecule has 0 radical (unpaired) electrons. The van der Waals surface area contributed by atoms with Crippen LogP contribution in [0, 0.1) is 0 Å². The third-order valence-electron chi connectivity index (χ3n) is 4.75. The largest absolute Gasteiger partial charge is 0.394 e. The van der Waals surface area contributed by atoms with Crippen molar-refractivity contribution in [3.05, 3.63) is 35.9 Å². The molecule has 1 fully saturated rings. The highest BCUT2D eigenvalue weighted by molar-refractivity contribution is 5.80. The van der Waals surface area contributed by atoms with E-state index in [0.29, 0.717) is 6.42 Å². The number of nitrogens with one attached hydrogen (secondary N) is 2. The Morgan fingerprint density at radius 1 is 1.21 bits per heavy atom. The van der Waals surface area contributed by atoms with Crippen molar-refractivity contribution in [2.75, 3.05) is 6.61 Å². The lowest BCUT2D eigenvalue weighted by molar-refractivity contribution is -0.266. The van der Waals surface area contributed by atoms with E-state index < -0.39 is 55.2 Å². The van der Waals surface area contributed by atoms with Crippen molar-refractivity contribution in [3.8, 4) is 0 Å². The maximum atomic E-state index is 12.5. The summed E-state index contributed by atoms with van der Waals surface area (Å²) in [4.78, 5) is 24.0. The molecule has 1 heterocycles. The maximum absolute atomic E-state index is 12.5. The quantitative estimate of drug-likeness (QED) is 0.374. The Balaban J connectivity index is 2.01. The van der Waals surface area contributed by atoms with E-state index in [1.165, 1.54) is 13.8 Å². The molecule has 1 aromatic carbocycles. The van der Waals surface area contributed by atoms with Crippen molar-refractivity contribution < 1.29 is 34.4 Å². The summed E-state index contributed by atoms with van der Waals surface area (Å²) in [6.07, 6.45) is -5.45. The molecule has 5 N–H and O–H groups in total. The van der Waals surface area contributed by atoms with E-state index in [1.807, 2.05) is 37.3 Å². The lowest BCUT2D eigenvalue weighted by atomic mass is 9.96. The SMILES string of the molecule is CC(=O)N[C@H]1C(O)O[C@H](CO)[C@H](O)[C@@H]1O[C@H](C)C(=O)NC(C)Cc1ccccc1. The molecule has 0 aromatic heterocycles. The van der Waals surface area contributed by atoms with Gasteiger partial charge in [0.05, 0.1) is 6.61 Å². The molecule has 9 heteroatoms. The fraction of sp³-hybridized carbons (Fsp3) is 0.600. The average Bonchev–Trinajstić information content (AvgIpc) is 2.67. The molecule has 1 saturated heterocycles. The molecular weight excluding hydrogens is 380 g/mol. The summed E-state index contributed by atoms with van der Waals surface area (Å²) in [7, 11) is 0. The van der Waals surface area contributed by atoms with Gasteiger partial charge in [-0.2, -0.15) is 0 Å². The zero-order valence-electron chi connectivity index (χ0n) is 16.8. The molecule has 1 aliphatic heterocycles. The molecule has 2 amide bonds. The standard InChI is InChI=1S/C20H30N2O7/c1-11(9-14-7-5-4-6-8-14)21-19(26)12(2)28-18-16(22-13(3)24)20(27)29-15(10-23)17(18)25/h4-8,11-12,15-18,20,23,25,27H,9-10H2,1-3H3,(H,21,26)(H,22,24)/t11?,12-,15-,16-,17+,18-,20?/m1/s1. The predicted octanol–water partition coefficient (Wildman–Crippen LogP) is -0.917. The van der Waals surface area contributed by atoms with Crippen molar-refractivity contribution >= 4 is 11.8 Å². The lowest BCUT2D eigenvalue weighted by Gasteiger charge is -2.43. The van der Waals surface area contributed by atoms with Gasteiger partial charge in [-0.25, -0.2) is 0 Å². The number of hydrogen-bond acceptors (Lipinski definition) is 7. The van der Waals surface area contributed by atoms with Crippen molar-refractivity contribution in [1.82, 2.24) is 10.6 Å². The minimum atomic E-state index is -1.50. The highest BCUT2D eigenvalue weighted by atomic mass is 16.6. The first-order valence-corrected chi connectivity index (χ1v) is 9.62. The summed E-state index contributed by atoms with van der Waals surface area (Å²) in [5.41, 5.74) is 1.08. The Labute approximate surface area is 170 Å².